The SMILES string of the molecule is Cc1c(C(=O)O)oc2nc(-c3ccc(Br)cc3Cl)c(-c3ccc(Cl)cc3)cc12. The number of pyridine rings is 1. The van der Waals surface area contributed by atoms with Crippen LogP contribution in [0.2, 0.25) is 10.0 Å². The Labute approximate surface area is 178 Å². The Balaban J connectivity index is 2.06. The monoisotopic (exact) mass is 475 g/mol. The van der Waals surface area contributed by atoms with Crippen LogP contribution in [0.3, 0.4) is 0 Å². The molecule has 0 bridgehead atoms. The molecule has 0 aliphatic carbocycles. The minimum absolute atomic E-state index is 0.122. The number of aryl methyl sites for hydroxylation is 1. The van der Waals surface area contributed by atoms with Gasteiger partial charge in [0.15, 0.2) is 0 Å². The molecule has 0 fully saturated rings. The summed E-state index contributed by atoms with van der Waals surface area (Å²) in [6.07, 6.45) is 0. The second-order valence-corrected chi connectivity index (χ2v) is 7.99. The first kappa shape index (κ1) is 19.0. The molecule has 0 saturated heterocycles. The molecule has 0 amide bonds. The number of carboxylic acid groups (broad SMARTS) is 1. The van der Waals surface area contributed by atoms with Gasteiger partial charge in [0.05, 0.1) is 10.7 Å². The summed E-state index contributed by atoms with van der Waals surface area (Å²) in [5.74, 6) is -1.25. The third-order valence-corrected chi connectivity index (χ3v) is 5.52. The van der Waals surface area contributed by atoms with Crippen LogP contribution in [-0.4, -0.2) is 16.1 Å². The van der Waals surface area contributed by atoms with Crippen molar-refractivity contribution in [3.05, 3.63) is 74.4 Å². The van der Waals surface area contributed by atoms with Crippen molar-refractivity contribution in [2.45, 2.75) is 6.92 Å². The van der Waals surface area contributed by atoms with Gasteiger partial charge in [0.25, 0.3) is 0 Å². The van der Waals surface area contributed by atoms with Gasteiger partial charge in [0, 0.05) is 31.6 Å². The van der Waals surface area contributed by atoms with Crippen molar-refractivity contribution < 1.29 is 14.3 Å². The lowest BCUT2D eigenvalue weighted by Gasteiger charge is -2.11. The molecule has 4 rings (SSSR count). The van der Waals surface area contributed by atoms with Gasteiger partial charge in [-0.2, -0.15) is 0 Å². The Bertz CT molecular complexity index is 1230. The molecule has 7 heteroatoms. The van der Waals surface area contributed by atoms with Crippen LogP contribution in [0.5, 0.6) is 0 Å². The third kappa shape index (κ3) is 3.30. The first-order valence-electron chi connectivity index (χ1n) is 8.24. The zero-order chi connectivity index (χ0) is 20.0. The van der Waals surface area contributed by atoms with Crippen LogP contribution in [0.15, 0.2) is 57.4 Å². The van der Waals surface area contributed by atoms with E-state index in [9.17, 15) is 9.90 Å². The van der Waals surface area contributed by atoms with Crippen molar-refractivity contribution >= 4 is 56.2 Å². The molecule has 4 nitrogen and oxygen atoms in total. The van der Waals surface area contributed by atoms with E-state index in [1.54, 1.807) is 25.1 Å². The summed E-state index contributed by atoms with van der Waals surface area (Å²) >= 11 is 15.9. The van der Waals surface area contributed by atoms with Gasteiger partial charge in [0.1, 0.15) is 0 Å². The smallest absolute Gasteiger partial charge is 0.372 e. The van der Waals surface area contributed by atoms with Crippen LogP contribution in [0.25, 0.3) is 33.5 Å². The van der Waals surface area contributed by atoms with Gasteiger partial charge < -0.3 is 9.52 Å². The Morgan fingerprint density at radius 1 is 1.07 bits per heavy atom. The first-order valence-corrected chi connectivity index (χ1v) is 9.79. The first-order chi connectivity index (χ1) is 13.3. The second-order valence-electron chi connectivity index (χ2n) is 6.23. The van der Waals surface area contributed by atoms with Gasteiger partial charge in [0.2, 0.25) is 11.5 Å². The number of benzene rings is 2. The molecule has 2 aromatic heterocycles. The van der Waals surface area contributed by atoms with E-state index in [1.165, 1.54) is 0 Å². The van der Waals surface area contributed by atoms with Gasteiger partial charge in [-0.25, -0.2) is 9.78 Å². The molecular formula is C21H12BrCl2NO3. The maximum Gasteiger partial charge on any atom is 0.372 e. The summed E-state index contributed by atoms with van der Waals surface area (Å²) in [4.78, 5) is 16.1. The predicted molar refractivity (Wildman–Crippen MR) is 114 cm³/mol. The Hall–Kier alpha value is -2.34. The van der Waals surface area contributed by atoms with Crippen LogP contribution in [0.4, 0.5) is 0 Å². The van der Waals surface area contributed by atoms with Crippen LogP contribution in [0.1, 0.15) is 16.1 Å². The van der Waals surface area contributed by atoms with E-state index in [1.807, 2.05) is 30.3 Å². The number of aromatic carboxylic acids is 1. The molecule has 1 N–H and O–H groups in total. The Kier molecular flexibility index (Phi) is 4.91. The van der Waals surface area contributed by atoms with Crippen LogP contribution in [-0.2, 0) is 0 Å². The summed E-state index contributed by atoms with van der Waals surface area (Å²) in [6, 6.07) is 14.7. The highest BCUT2D eigenvalue weighted by Crippen LogP contribution is 2.39. The summed E-state index contributed by atoms with van der Waals surface area (Å²) < 4.78 is 6.36. The normalized spacial score (nSPS) is 11.1. The molecule has 0 atom stereocenters. The fourth-order valence-electron chi connectivity index (χ4n) is 3.08. The lowest BCUT2D eigenvalue weighted by molar-refractivity contribution is 0.0663. The number of carboxylic acids is 1. The van der Waals surface area contributed by atoms with Crippen LogP contribution in [0, 0.1) is 6.92 Å². The van der Waals surface area contributed by atoms with E-state index in [0.717, 1.165) is 15.6 Å². The van der Waals surface area contributed by atoms with E-state index in [2.05, 4.69) is 20.9 Å². The zero-order valence-corrected chi connectivity index (χ0v) is 17.6. The molecule has 0 aliphatic heterocycles. The second kappa shape index (κ2) is 7.24. The van der Waals surface area contributed by atoms with Gasteiger partial charge >= 0.3 is 5.97 Å². The van der Waals surface area contributed by atoms with E-state index < -0.39 is 5.97 Å². The number of carbonyl (C=O) groups is 1. The Morgan fingerprint density at radius 3 is 2.43 bits per heavy atom. The summed E-state index contributed by atoms with van der Waals surface area (Å²) in [5, 5.41) is 11.2. The summed E-state index contributed by atoms with van der Waals surface area (Å²) in [7, 11) is 0. The van der Waals surface area contributed by atoms with Gasteiger partial charge in [-0.05, 0) is 42.8 Å². The average Bonchev–Trinajstić information content (AvgIpc) is 2.98. The maximum atomic E-state index is 11.5. The largest absolute Gasteiger partial charge is 0.475 e. The number of nitrogens with zero attached hydrogens (tertiary/aromatic N) is 1. The fraction of sp³-hybridized carbons (Fsp3) is 0.0476. The van der Waals surface area contributed by atoms with Gasteiger partial charge in [-0.15, -0.1) is 0 Å². The van der Waals surface area contributed by atoms with Crippen molar-refractivity contribution in [3.8, 4) is 22.4 Å². The number of hydrogen-bond acceptors (Lipinski definition) is 3. The molecule has 140 valence electrons. The predicted octanol–water partition coefficient (Wildman–Crippen LogP) is 7.24. The van der Waals surface area contributed by atoms with E-state index in [-0.39, 0.29) is 11.5 Å². The van der Waals surface area contributed by atoms with Gasteiger partial charge in [-0.3, -0.25) is 0 Å². The number of furan rings is 1. The van der Waals surface area contributed by atoms with E-state index >= 15 is 0 Å². The topological polar surface area (TPSA) is 63.3 Å². The zero-order valence-electron chi connectivity index (χ0n) is 14.5. The maximum absolute atomic E-state index is 11.5. The minimum atomic E-state index is -1.13. The highest BCUT2D eigenvalue weighted by atomic mass is 79.9. The van der Waals surface area contributed by atoms with E-state index in [0.29, 0.717) is 32.3 Å². The minimum Gasteiger partial charge on any atom is -0.475 e. The molecule has 0 aliphatic rings. The van der Waals surface area contributed by atoms with Crippen LogP contribution < -0.4 is 0 Å². The summed E-state index contributed by atoms with van der Waals surface area (Å²) in [5.41, 5.74) is 3.76. The number of halogens is 3. The highest BCUT2D eigenvalue weighted by Gasteiger charge is 2.21. The molecular weight excluding hydrogens is 465 g/mol. The molecule has 2 aromatic carbocycles. The number of aromatic nitrogens is 1. The third-order valence-electron chi connectivity index (χ3n) is 4.47. The number of rotatable bonds is 3. The molecule has 0 unspecified atom stereocenters. The van der Waals surface area contributed by atoms with E-state index in [4.69, 9.17) is 27.6 Å². The lowest BCUT2D eigenvalue weighted by Crippen LogP contribution is -1.95. The molecule has 4 aromatic rings. The molecule has 2 heterocycles. The average molecular weight is 477 g/mol. The summed E-state index contributed by atoms with van der Waals surface area (Å²) in [6.45, 7) is 1.70. The standard InChI is InChI=1S/C21H12BrCl2NO3/c1-10-15-9-16(11-2-5-13(23)6-3-11)18(14-7-4-12(22)8-17(14)24)25-20(15)28-19(10)21(26)27/h2-9H,1H3,(H,26,27). The Morgan fingerprint density at radius 2 is 1.79 bits per heavy atom. The quantitative estimate of drug-likeness (QED) is 0.338. The van der Waals surface area contributed by atoms with Crippen molar-refractivity contribution in [1.29, 1.82) is 0 Å². The number of hydrogen-bond donors (Lipinski definition) is 1. The van der Waals surface area contributed by atoms with Crippen molar-refractivity contribution in [3.63, 3.8) is 0 Å². The highest BCUT2D eigenvalue weighted by molar-refractivity contribution is 9.10. The molecule has 0 spiro atoms. The number of fused-ring (bicyclic) bond motifs is 1. The molecule has 0 saturated carbocycles. The van der Waals surface area contributed by atoms with Crippen molar-refractivity contribution in [2.24, 2.45) is 0 Å². The van der Waals surface area contributed by atoms with Gasteiger partial charge in [-0.1, -0.05) is 57.3 Å². The van der Waals surface area contributed by atoms with Crippen molar-refractivity contribution in [1.82, 2.24) is 4.98 Å². The van der Waals surface area contributed by atoms with Crippen LogP contribution >= 0.6 is 39.1 Å². The molecule has 0 radical (unpaired) electrons. The fourth-order valence-corrected chi connectivity index (χ4v) is 3.97. The van der Waals surface area contributed by atoms with Crippen molar-refractivity contribution in [2.75, 3.05) is 0 Å². The molecule has 28 heavy (non-hydrogen) atoms. The lowest BCUT2D eigenvalue weighted by atomic mass is 9.97.